The van der Waals surface area contributed by atoms with Crippen LogP contribution >= 0.6 is 0 Å². The van der Waals surface area contributed by atoms with Gasteiger partial charge in [0, 0.05) is 20.6 Å². The molecule has 0 aliphatic carbocycles. The summed E-state index contributed by atoms with van der Waals surface area (Å²) in [5.41, 5.74) is 1.78. The molecule has 0 aliphatic rings. The van der Waals surface area contributed by atoms with Crippen LogP contribution in [0.4, 0.5) is 14.5 Å². The van der Waals surface area contributed by atoms with Gasteiger partial charge in [0.25, 0.3) is 0 Å². The molecule has 3 rings (SSSR count). The van der Waals surface area contributed by atoms with Crippen molar-refractivity contribution in [2.24, 2.45) is 0 Å². The second-order valence-electron chi connectivity index (χ2n) is 6.85. The van der Waals surface area contributed by atoms with Gasteiger partial charge in [-0.1, -0.05) is 19.1 Å². The Morgan fingerprint density at radius 3 is 2.60 bits per heavy atom. The van der Waals surface area contributed by atoms with Crippen molar-refractivity contribution in [3.8, 4) is 5.75 Å². The van der Waals surface area contributed by atoms with Gasteiger partial charge in [-0.3, -0.25) is 0 Å². The molecule has 1 N–H and O–H groups in total. The summed E-state index contributed by atoms with van der Waals surface area (Å²) in [4.78, 5) is 4.76. The Morgan fingerprint density at radius 2 is 1.93 bits per heavy atom. The Morgan fingerprint density at radius 1 is 1.20 bits per heavy atom. The number of rotatable bonds is 9. The topological polar surface area (TPSA) is 76.5 Å². The number of imidazole rings is 1. The van der Waals surface area contributed by atoms with Crippen LogP contribution in [0.5, 0.6) is 5.75 Å². The average molecular weight is 439 g/mol. The first-order valence-electron chi connectivity index (χ1n) is 9.43. The Bertz CT molecular complexity index is 1130. The van der Waals surface area contributed by atoms with E-state index in [9.17, 15) is 17.2 Å². The Labute approximate surface area is 174 Å². The van der Waals surface area contributed by atoms with Crippen molar-refractivity contribution in [3.05, 3.63) is 48.3 Å². The quantitative estimate of drug-likeness (QED) is 0.548. The minimum atomic E-state index is -3.58. The highest BCUT2D eigenvalue weighted by Gasteiger charge is 2.20. The summed E-state index contributed by atoms with van der Waals surface area (Å²) in [5, 5.41) is 3.09. The van der Waals surface area contributed by atoms with Crippen LogP contribution in [0.3, 0.4) is 0 Å². The van der Waals surface area contributed by atoms with Crippen molar-refractivity contribution >= 4 is 26.7 Å². The molecule has 0 radical (unpaired) electrons. The van der Waals surface area contributed by atoms with Crippen molar-refractivity contribution in [3.63, 3.8) is 0 Å². The summed E-state index contributed by atoms with van der Waals surface area (Å²) in [5.74, 6) is 0.711. The summed E-state index contributed by atoms with van der Waals surface area (Å²) in [6, 6.07) is 11.3. The number of aromatic nitrogens is 2. The highest BCUT2D eigenvalue weighted by Crippen LogP contribution is 2.27. The van der Waals surface area contributed by atoms with E-state index in [2.05, 4.69) is 15.0 Å². The van der Waals surface area contributed by atoms with Crippen LogP contribution in [0, 0.1) is 0 Å². The third kappa shape index (κ3) is 4.54. The SMILES string of the molecule is CCCn1c(CNc2ccccc2OC(F)F)nc2cc(S(=O)(=O)N(C)C)ccc21. The molecular formula is C20H24F2N4O3S. The zero-order valence-electron chi connectivity index (χ0n) is 17.0. The van der Waals surface area contributed by atoms with Gasteiger partial charge in [0.1, 0.15) is 11.6 Å². The molecule has 0 spiro atoms. The molecule has 0 fully saturated rings. The van der Waals surface area contributed by atoms with E-state index in [0.29, 0.717) is 23.6 Å². The van der Waals surface area contributed by atoms with Crippen LogP contribution in [0.1, 0.15) is 19.2 Å². The fourth-order valence-corrected chi connectivity index (χ4v) is 4.05. The van der Waals surface area contributed by atoms with Gasteiger partial charge in [-0.25, -0.2) is 17.7 Å². The predicted molar refractivity (Wildman–Crippen MR) is 111 cm³/mol. The average Bonchev–Trinajstić information content (AvgIpc) is 3.04. The lowest BCUT2D eigenvalue weighted by Crippen LogP contribution is -2.22. The summed E-state index contributed by atoms with van der Waals surface area (Å²) in [6.07, 6.45) is 0.849. The molecule has 10 heteroatoms. The smallest absolute Gasteiger partial charge is 0.387 e. The Kier molecular flexibility index (Phi) is 6.57. The molecule has 1 heterocycles. The van der Waals surface area contributed by atoms with E-state index in [0.717, 1.165) is 16.2 Å². The second-order valence-corrected chi connectivity index (χ2v) is 9.00. The molecule has 1 aromatic heterocycles. The van der Waals surface area contributed by atoms with Crippen LogP contribution in [0.25, 0.3) is 11.0 Å². The van der Waals surface area contributed by atoms with Crippen LogP contribution in [0.2, 0.25) is 0 Å². The molecule has 2 aromatic carbocycles. The number of para-hydroxylation sites is 2. The van der Waals surface area contributed by atoms with Crippen molar-refractivity contribution in [2.45, 2.75) is 37.9 Å². The molecule has 3 aromatic rings. The number of benzene rings is 2. The van der Waals surface area contributed by atoms with E-state index in [-0.39, 0.29) is 17.2 Å². The Hall–Kier alpha value is -2.72. The summed E-state index contributed by atoms with van der Waals surface area (Å²) >= 11 is 0. The summed E-state index contributed by atoms with van der Waals surface area (Å²) in [7, 11) is -0.624. The van der Waals surface area contributed by atoms with Gasteiger partial charge in [0.15, 0.2) is 0 Å². The summed E-state index contributed by atoms with van der Waals surface area (Å²) in [6.45, 7) is 0.0469. The standard InChI is InChI=1S/C20H24F2N4O3S/c1-4-11-26-17-10-9-14(30(27,28)25(2)3)12-16(17)24-19(26)13-23-15-7-5-6-8-18(15)29-20(21)22/h5-10,12,20,23H,4,11,13H2,1-3H3. The minimum absolute atomic E-state index is 0.0463. The maximum Gasteiger partial charge on any atom is 0.387 e. The fraction of sp³-hybridized carbons (Fsp3) is 0.350. The number of sulfonamides is 1. The highest BCUT2D eigenvalue weighted by atomic mass is 32.2. The van der Waals surface area contributed by atoms with E-state index < -0.39 is 16.6 Å². The molecule has 30 heavy (non-hydrogen) atoms. The Balaban J connectivity index is 1.95. The molecule has 0 atom stereocenters. The van der Waals surface area contributed by atoms with Crippen molar-refractivity contribution in [2.75, 3.05) is 19.4 Å². The fourth-order valence-electron chi connectivity index (χ4n) is 3.12. The molecule has 0 saturated heterocycles. The van der Waals surface area contributed by atoms with E-state index in [4.69, 9.17) is 0 Å². The normalized spacial score (nSPS) is 12.1. The number of fused-ring (bicyclic) bond motifs is 1. The van der Waals surface area contributed by atoms with Gasteiger partial charge in [-0.2, -0.15) is 8.78 Å². The third-order valence-corrected chi connectivity index (χ3v) is 6.38. The summed E-state index contributed by atoms with van der Waals surface area (Å²) < 4.78 is 57.8. The molecule has 0 saturated carbocycles. The number of alkyl halides is 2. The second kappa shape index (κ2) is 8.97. The van der Waals surface area contributed by atoms with Gasteiger partial charge in [0.2, 0.25) is 10.0 Å². The molecule has 7 nitrogen and oxygen atoms in total. The number of anilines is 1. The first-order chi connectivity index (χ1) is 14.2. The first-order valence-corrected chi connectivity index (χ1v) is 10.9. The van der Waals surface area contributed by atoms with Gasteiger partial charge in [-0.15, -0.1) is 0 Å². The zero-order chi connectivity index (χ0) is 21.9. The van der Waals surface area contributed by atoms with Crippen LogP contribution in [-0.2, 0) is 23.1 Å². The molecule has 0 bridgehead atoms. The lowest BCUT2D eigenvalue weighted by atomic mass is 10.3. The van der Waals surface area contributed by atoms with Gasteiger partial charge in [0.05, 0.1) is 28.2 Å². The first kappa shape index (κ1) is 22.0. The van der Waals surface area contributed by atoms with E-state index in [1.165, 1.54) is 20.2 Å². The molecule has 0 aliphatic heterocycles. The number of hydrogen-bond acceptors (Lipinski definition) is 5. The zero-order valence-corrected chi connectivity index (χ0v) is 17.8. The number of nitrogens with one attached hydrogen (secondary N) is 1. The minimum Gasteiger partial charge on any atom is -0.433 e. The number of halogens is 2. The monoisotopic (exact) mass is 438 g/mol. The number of hydrogen-bond donors (Lipinski definition) is 1. The van der Waals surface area contributed by atoms with E-state index in [1.54, 1.807) is 36.4 Å². The lowest BCUT2D eigenvalue weighted by molar-refractivity contribution is -0.0493. The maximum atomic E-state index is 12.6. The number of aryl methyl sites for hydroxylation is 1. The molecular weight excluding hydrogens is 414 g/mol. The van der Waals surface area contributed by atoms with E-state index >= 15 is 0 Å². The highest BCUT2D eigenvalue weighted by molar-refractivity contribution is 7.89. The van der Waals surface area contributed by atoms with Crippen molar-refractivity contribution < 1.29 is 21.9 Å². The van der Waals surface area contributed by atoms with E-state index in [1.807, 2.05) is 11.5 Å². The number of ether oxygens (including phenoxy) is 1. The predicted octanol–water partition coefficient (Wildman–Crippen LogP) is 3.91. The maximum absolute atomic E-state index is 12.6. The van der Waals surface area contributed by atoms with Crippen LogP contribution in [0.15, 0.2) is 47.4 Å². The number of nitrogens with zero attached hydrogens (tertiary/aromatic N) is 3. The lowest BCUT2D eigenvalue weighted by Gasteiger charge is -2.13. The van der Waals surface area contributed by atoms with Gasteiger partial charge < -0.3 is 14.6 Å². The van der Waals surface area contributed by atoms with Crippen LogP contribution in [-0.4, -0.2) is 43.0 Å². The van der Waals surface area contributed by atoms with Gasteiger partial charge in [-0.05, 0) is 36.8 Å². The third-order valence-electron chi connectivity index (χ3n) is 4.56. The molecule has 0 amide bonds. The van der Waals surface area contributed by atoms with Gasteiger partial charge >= 0.3 is 6.61 Å². The van der Waals surface area contributed by atoms with Crippen LogP contribution < -0.4 is 10.1 Å². The molecule has 0 unspecified atom stereocenters. The van der Waals surface area contributed by atoms with Crippen molar-refractivity contribution in [1.29, 1.82) is 0 Å². The largest absolute Gasteiger partial charge is 0.433 e. The molecule has 162 valence electrons. The van der Waals surface area contributed by atoms with Crippen molar-refractivity contribution in [1.82, 2.24) is 13.9 Å².